The van der Waals surface area contributed by atoms with Crippen LogP contribution in [0.4, 0.5) is 0 Å². The summed E-state index contributed by atoms with van der Waals surface area (Å²) in [5.41, 5.74) is 0.451. The zero-order chi connectivity index (χ0) is 17.3. The number of fused-ring (bicyclic) bond motifs is 2. The first-order valence-electron chi connectivity index (χ1n) is 9.48. The van der Waals surface area contributed by atoms with Gasteiger partial charge in [-0.2, -0.15) is 0 Å². The Kier molecular flexibility index (Phi) is 3.51. The Bertz CT molecular complexity index is 598. The van der Waals surface area contributed by atoms with Crippen LogP contribution < -0.4 is 0 Å². The van der Waals surface area contributed by atoms with Crippen LogP contribution in [0.5, 0.6) is 0 Å². The lowest BCUT2D eigenvalue weighted by Gasteiger charge is -2.58. The molecular formula is C20H30O4. The quantitative estimate of drug-likeness (QED) is 0.602. The Morgan fingerprint density at radius 2 is 2.00 bits per heavy atom. The average molecular weight is 334 g/mol. The molecule has 4 aliphatic rings. The van der Waals surface area contributed by atoms with Crippen molar-refractivity contribution in [2.45, 2.75) is 71.5 Å². The van der Waals surface area contributed by atoms with E-state index in [1.807, 2.05) is 0 Å². The van der Waals surface area contributed by atoms with Gasteiger partial charge >= 0.3 is 5.97 Å². The van der Waals surface area contributed by atoms with Crippen LogP contribution in [-0.2, 0) is 9.53 Å². The van der Waals surface area contributed by atoms with Crippen LogP contribution in [-0.4, -0.2) is 35.0 Å². The first-order chi connectivity index (χ1) is 11.3. The Morgan fingerprint density at radius 3 is 2.71 bits per heavy atom. The topological polar surface area (TPSA) is 66.8 Å². The van der Waals surface area contributed by atoms with E-state index >= 15 is 0 Å². The SMILES string of the molecule is C[C@]1(CCO)CC[C@H]2C(=C[C@H]3OC(=O)[C@@]4(C)CCC[C@@]2(C)[C@@H]34)[C@H]1O. The fourth-order valence-electron chi connectivity index (χ4n) is 6.68. The molecule has 4 rings (SSSR count). The van der Waals surface area contributed by atoms with Crippen molar-refractivity contribution in [3.63, 3.8) is 0 Å². The van der Waals surface area contributed by atoms with Gasteiger partial charge < -0.3 is 14.9 Å². The van der Waals surface area contributed by atoms with Gasteiger partial charge in [0.05, 0.1) is 11.5 Å². The van der Waals surface area contributed by atoms with Crippen LogP contribution in [0.3, 0.4) is 0 Å². The smallest absolute Gasteiger partial charge is 0.312 e. The molecule has 3 fully saturated rings. The van der Waals surface area contributed by atoms with Crippen LogP contribution in [0.15, 0.2) is 11.6 Å². The van der Waals surface area contributed by atoms with E-state index in [0.717, 1.165) is 37.7 Å². The summed E-state index contributed by atoms with van der Waals surface area (Å²) in [6.45, 7) is 6.58. The predicted octanol–water partition coefficient (Wildman–Crippen LogP) is 2.82. The second-order valence-electron chi connectivity index (χ2n) is 9.41. The molecule has 134 valence electrons. The van der Waals surface area contributed by atoms with E-state index < -0.39 is 6.10 Å². The number of aliphatic hydroxyl groups excluding tert-OH is 2. The van der Waals surface area contributed by atoms with E-state index in [1.165, 1.54) is 0 Å². The average Bonchev–Trinajstić information content (AvgIpc) is 2.77. The first-order valence-corrected chi connectivity index (χ1v) is 9.48. The van der Waals surface area contributed by atoms with Crippen molar-refractivity contribution < 1.29 is 19.7 Å². The number of hydrogen-bond donors (Lipinski definition) is 2. The molecule has 0 amide bonds. The molecule has 4 nitrogen and oxygen atoms in total. The van der Waals surface area contributed by atoms with Gasteiger partial charge in [-0.05, 0) is 67.4 Å². The van der Waals surface area contributed by atoms with Crippen LogP contribution >= 0.6 is 0 Å². The summed E-state index contributed by atoms with van der Waals surface area (Å²) in [5, 5.41) is 20.5. The van der Waals surface area contributed by atoms with Crippen molar-refractivity contribution in [1.82, 2.24) is 0 Å². The van der Waals surface area contributed by atoms with Crippen LogP contribution in [0.2, 0.25) is 0 Å². The van der Waals surface area contributed by atoms with E-state index in [2.05, 4.69) is 26.8 Å². The van der Waals surface area contributed by atoms with E-state index in [-0.39, 0.29) is 40.8 Å². The van der Waals surface area contributed by atoms with Gasteiger partial charge in [0.25, 0.3) is 0 Å². The molecule has 24 heavy (non-hydrogen) atoms. The van der Waals surface area contributed by atoms with Crippen LogP contribution in [0.25, 0.3) is 0 Å². The predicted molar refractivity (Wildman–Crippen MR) is 90.1 cm³/mol. The van der Waals surface area contributed by atoms with Crippen molar-refractivity contribution in [3.05, 3.63) is 11.6 Å². The molecule has 7 atom stereocenters. The summed E-state index contributed by atoms with van der Waals surface area (Å²) >= 11 is 0. The van der Waals surface area contributed by atoms with E-state index in [1.54, 1.807) is 0 Å². The molecule has 3 aliphatic carbocycles. The summed E-state index contributed by atoms with van der Waals surface area (Å²) in [6, 6.07) is 0. The number of rotatable bonds is 2. The van der Waals surface area contributed by atoms with E-state index in [9.17, 15) is 15.0 Å². The number of ether oxygens (including phenoxy) is 1. The van der Waals surface area contributed by atoms with Gasteiger partial charge in [-0.25, -0.2) is 0 Å². The number of hydrogen-bond acceptors (Lipinski definition) is 4. The second kappa shape index (κ2) is 5.07. The summed E-state index contributed by atoms with van der Waals surface area (Å²) < 4.78 is 5.80. The standard InChI is InChI=1S/C20H30O4/c1-18(9-10-21)8-5-13-12(16(18)22)11-14-15-19(13,2)6-4-7-20(15,3)17(23)24-14/h11,13-16,21-22H,4-10H2,1-3H3/t13-,14+,15+,16+,18+,19+,20-/m0/s1. The van der Waals surface area contributed by atoms with Gasteiger partial charge in [0.1, 0.15) is 6.10 Å². The Hall–Kier alpha value is -0.870. The molecule has 1 heterocycles. The number of carbonyl (C=O) groups is 1. The minimum absolute atomic E-state index is 0.0232. The van der Waals surface area contributed by atoms with Crippen LogP contribution in [0.1, 0.15) is 59.3 Å². The minimum Gasteiger partial charge on any atom is -0.457 e. The highest BCUT2D eigenvalue weighted by molar-refractivity contribution is 5.80. The lowest BCUT2D eigenvalue weighted by atomic mass is 9.45. The molecule has 1 aliphatic heterocycles. The monoisotopic (exact) mass is 334 g/mol. The minimum atomic E-state index is -0.548. The van der Waals surface area contributed by atoms with E-state index in [4.69, 9.17) is 4.74 Å². The highest BCUT2D eigenvalue weighted by Crippen LogP contribution is 2.66. The Balaban J connectivity index is 1.79. The molecule has 2 saturated carbocycles. The van der Waals surface area contributed by atoms with Gasteiger partial charge in [-0.1, -0.05) is 20.3 Å². The van der Waals surface area contributed by atoms with Gasteiger partial charge in [0, 0.05) is 12.5 Å². The highest BCUT2D eigenvalue weighted by Gasteiger charge is 2.67. The maximum Gasteiger partial charge on any atom is 0.312 e. The third kappa shape index (κ3) is 1.90. The maximum atomic E-state index is 12.6. The van der Waals surface area contributed by atoms with Crippen LogP contribution in [0, 0.1) is 28.1 Å². The molecule has 4 heteroatoms. The largest absolute Gasteiger partial charge is 0.457 e. The lowest BCUT2D eigenvalue weighted by Crippen LogP contribution is -2.56. The zero-order valence-electron chi connectivity index (χ0n) is 15.0. The van der Waals surface area contributed by atoms with Gasteiger partial charge in [0.15, 0.2) is 0 Å². The normalized spacial score (nSPS) is 53.0. The highest BCUT2D eigenvalue weighted by atomic mass is 16.6. The van der Waals surface area contributed by atoms with Crippen molar-refractivity contribution >= 4 is 5.97 Å². The molecule has 0 aromatic rings. The van der Waals surface area contributed by atoms with Crippen molar-refractivity contribution in [2.24, 2.45) is 28.1 Å². The third-order valence-electron chi connectivity index (χ3n) is 8.06. The van der Waals surface area contributed by atoms with Gasteiger partial charge in [0.2, 0.25) is 0 Å². The fourth-order valence-corrected chi connectivity index (χ4v) is 6.68. The number of esters is 1. The number of carbonyl (C=O) groups excluding carboxylic acids is 1. The Morgan fingerprint density at radius 1 is 1.25 bits per heavy atom. The van der Waals surface area contributed by atoms with E-state index in [0.29, 0.717) is 12.3 Å². The van der Waals surface area contributed by atoms with Crippen molar-refractivity contribution in [3.8, 4) is 0 Å². The molecule has 0 aromatic heterocycles. The first kappa shape index (κ1) is 16.6. The lowest BCUT2D eigenvalue weighted by molar-refractivity contribution is -0.148. The molecule has 0 unspecified atom stereocenters. The van der Waals surface area contributed by atoms with Gasteiger partial charge in [-0.3, -0.25) is 4.79 Å². The van der Waals surface area contributed by atoms with Crippen molar-refractivity contribution in [2.75, 3.05) is 6.61 Å². The molecule has 0 radical (unpaired) electrons. The second-order valence-corrected chi connectivity index (χ2v) is 9.41. The number of aliphatic hydroxyl groups is 2. The summed E-state index contributed by atoms with van der Waals surface area (Å²) in [7, 11) is 0. The molecule has 1 saturated heterocycles. The molecule has 0 spiro atoms. The Labute approximate surface area is 144 Å². The fraction of sp³-hybridized carbons (Fsp3) is 0.850. The summed E-state index contributed by atoms with van der Waals surface area (Å²) in [6.07, 6.45) is 6.98. The molecule has 0 aromatic carbocycles. The molecule has 0 bridgehead atoms. The van der Waals surface area contributed by atoms with Gasteiger partial charge in [-0.15, -0.1) is 0 Å². The summed E-state index contributed by atoms with van der Waals surface area (Å²) in [4.78, 5) is 12.6. The van der Waals surface area contributed by atoms with Crippen molar-refractivity contribution in [1.29, 1.82) is 0 Å². The molecular weight excluding hydrogens is 304 g/mol. The zero-order valence-corrected chi connectivity index (χ0v) is 15.0. The third-order valence-corrected chi connectivity index (χ3v) is 8.06. The maximum absolute atomic E-state index is 12.6. The summed E-state index contributed by atoms with van der Waals surface area (Å²) in [5.74, 6) is 0.510. The molecule has 2 N–H and O–H groups in total.